The zero-order chi connectivity index (χ0) is 15.6. The second-order valence-corrected chi connectivity index (χ2v) is 5.88. The quantitative estimate of drug-likeness (QED) is 0.846. The lowest BCUT2D eigenvalue weighted by molar-refractivity contribution is 0.382. The topological polar surface area (TPSA) is 47.2 Å². The van der Waals surface area contributed by atoms with Gasteiger partial charge in [0.05, 0.1) is 10.9 Å². The van der Waals surface area contributed by atoms with Crippen molar-refractivity contribution in [2.45, 2.75) is 32.9 Å². The molecule has 0 aliphatic carbocycles. The molecule has 1 heterocycles. The lowest BCUT2D eigenvalue weighted by atomic mass is 10.2. The predicted octanol–water partition coefficient (Wildman–Crippen LogP) is 2.12. The summed E-state index contributed by atoms with van der Waals surface area (Å²) in [7, 11) is 4.02. The summed E-state index contributed by atoms with van der Waals surface area (Å²) >= 11 is 0. The predicted molar refractivity (Wildman–Crippen MR) is 93.3 cm³/mol. The molecule has 0 unspecified atom stereocenters. The van der Waals surface area contributed by atoms with Crippen LogP contribution in [-0.2, 0) is 6.54 Å². The maximum Gasteiger partial charge on any atom is 0.331 e. The lowest BCUT2D eigenvalue weighted by Crippen LogP contribution is -2.41. The van der Waals surface area contributed by atoms with Crippen LogP contribution in [0.25, 0.3) is 10.9 Å². The van der Waals surface area contributed by atoms with Crippen LogP contribution in [0.2, 0.25) is 0 Å². The largest absolute Gasteiger partial charge is 0.331 e. The van der Waals surface area contributed by atoms with Gasteiger partial charge in [0, 0.05) is 12.6 Å². The summed E-state index contributed by atoms with van der Waals surface area (Å²) in [5, 5.41) is 0.607. The molecule has 0 bridgehead atoms. The van der Waals surface area contributed by atoms with Gasteiger partial charge in [-0.1, -0.05) is 12.1 Å². The van der Waals surface area contributed by atoms with Gasteiger partial charge in [-0.3, -0.25) is 13.9 Å². The average Bonchev–Trinajstić information content (AvgIpc) is 2.42. The van der Waals surface area contributed by atoms with Crippen LogP contribution in [0, 0.1) is 0 Å². The van der Waals surface area contributed by atoms with E-state index in [0.717, 1.165) is 18.5 Å². The molecule has 0 N–H and O–H groups in total. The summed E-state index contributed by atoms with van der Waals surface area (Å²) in [5.41, 5.74) is 0.310. The van der Waals surface area contributed by atoms with E-state index in [2.05, 4.69) is 4.90 Å². The van der Waals surface area contributed by atoms with Crippen LogP contribution in [0.1, 0.15) is 26.3 Å². The molecule has 0 saturated heterocycles. The highest BCUT2D eigenvalue weighted by Gasteiger charge is 2.14. The molecule has 0 atom stereocenters. The van der Waals surface area contributed by atoms with Crippen molar-refractivity contribution >= 4 is 23.3 Å². The molecule has 2 rings (SSSR count). The first-order chi connectivity index (χ1) is 9.93. The fourth-order valence-corrected chi connectivity index (χ4v) is 2.56. The lowest BCUT2D eigenvalue weighted by Gasteiger charge is -2.17. The van der Waals surface area contributed by atoms with Crippen LogP contribution in [0.15, 0.2) is 33.9 Å². The van der Waals surface area contributed by atoms with Gasteiger partial charge in [-0.15, -0.1) is 12.4 Å². The number of para-hydroxylation sites is 1. The van der Waals surface area contributed by atoms with Crippen LogP contribution in [0.4, 0.5) is 0 Å². The van der Waals surface area contributed by atoms with Gasteiger partial charge in [0.2, 0.25) is 0 Å². The minimum absolute atomic E-state index is 0. The Kier molecular flexibility index (Phi) is 6.38. The van der Waals surface area contributed by atoms with Crippen LogP contribution < -0.4 is 11.2 Å². The molecular weight excluding hydrogens is 302 g/mol. The number of aryl methyl sites for hydroxylation is 1. The van der Waals surface area contributed by atoms with Gasteiger partial charge in [0.15, 0.2) is 0 Å². The van der Waals surface area contributed by atoms with E-state index in [0.29, 0.717) is 11.9 Å². The highest BCUT2D eigenvalue weighted by molar-refractivity contribution is 5.85. The Balaban J connectivity index is 0.00000242. The van der Waals surface area contributed by atoms with Gasteiger partial charge in [0.25, 0.3) is 5.56 Å². The van der Waals surface area contributed by atoms with Crippen molar-refractivity contribution in [3.05, 3.63) is 45.1 Å². The van der Waals surface area contributed by atoms with E-state index in [1.54, 1.807) is 10.6 Å². The molecule has 0 radical (unpaired) electrons. The third-order valence-electron chi connectivity index (χ3n) is 3.58. The number of fused-ring (bicyclic) bond motifs is 1. The van der Waals surface area contributed by atoms with Crippen molar-refractivity contribution in [2.75, 3.05) is 20.6 Å². The van der Waals surface area contributed by atoms with Gasteiger partial charge in [-0.05, 0) is 53.0 Å². The van der Waals surface area contributed by atoms with E-state index in [-0.39, 0.29) is 29.7 Å². The molecule has 1 aromatic carbocycles. The summed E-state index contributed by atoms with van der Waals surface area (Å²) in [6.07, 6.45) is 0.868. The number of nitrogens with zero attached hydrogens (tertiary/aromatic N) is 3. The summed E-state index contributed by atoms with van der Waals surface area (Å²) in [6.45, 7) is 5.25. The zero-order valence-electron chi connectivity index (χ0n) is 13.6. The molecule has 0 aliphatic rings. The molecular formula is C16H24ClN3O2. The summed E-state index contributed by atoms with van der Waals surface area (Å²) in [6, 6.07) is 7.19. The number of rotatable bonds is 5. The molecule has 1 aromatic heterocycles. The Hall–Kier alpha value is -1.59. The van der Waals surface area contributed by atoms with Crippen LogP contribution in [0.3, 0.4) is 0 Å². The first-order valence-electron chi connectivity index (χ1n) is 7.32. The summed E-state index contributed by atoms with van der Waals surface area (Å²) < 4.78 is 3.07. The second-order valence-electron chi connectivity index (χ2n) is 5.88. The van der Waals surface area contributed by atoms with E-state index >= 15 is 0 Å². The number of hydrogen-bond acceptors (Lipinski definition) is 3. The van der Waals surface area contributed by atoms with Gasteiger partial charge in [-0.2, -0.15) is 0 Å². The second kappa shape index (κ2) is 7.61. The molecule has 5 nitrogen and oxygen atoms in total. The van der Waals surface area contributed by atoms with E-state index in [1.165, 1.54) is 4.57 Å². The third-order valence-corrected chi connectivity index (χ3v) is 3.58. The van der Waals surface area contributed by atoms with E-state index in [1.807, 2.05) is 46.1 Å². The van der Waals surface area contributed by atoms with Crippen molar-refractivity contribution in [2.24, 2.45) is 0 Å². The Morgan fingerprint density at radius 1 is 1.14 bits per heavy atom. The number of benzene rings is 1. The number of hydrogen-bond donors (Lipinski definition) is 0. The molecule has 6 heteroatoms. The summed E-state index contributed by atoms with van der Waals surface area (Å²) in [5.74, 6) is 0. The van der Waals surface area contributed by atoms with Crippen molar-refractivity contribution in [3.63, 3.8) is 0 Å². The van der Waals surface area contributed by atoms with Gasteiger partial charge < -0.3 is 4.90 Å². The van der Waals surface area contributed by atoms with E-state index in [4.69, 9.17) is 0 Å². The first kappa shape index (κ1) is 18.5. The van der Waals surface area contributed by atoms with Crippen LogP contribution >= 0.6 is 12.4 Å². The molecule has 0 amide bonds. The molecule has 2 aromatic rings. The Morgan fingerprint density at radius 2 is 1.77 bits per heavy atom. The van der Waals surface area contributed by atoms with Crippen LogP contribution in [-0.4, -0.2) is 34.7 Å². The SMILES string of the molecule is CC(C)n1c(=O)c2ccccc2n(CCCN(C)C)c1=O.Cl. The third kappa shape index (κ3) is 3.59. The summed E-state index contributed by atoms with van der Waals surface area (Å²) in [4.78, 5) is 27.2. The van der Waals surface area contributed by atoms with Crippen molar-refractivity contribution in [3.8, 4) is 0 Å². The molecule has 22 heavy (non-hydrogen) atoms. The maximum absolute atomic E-state index is 12.6. The van der Waals surface area contributed by atoms with Crippen LogP contribution in [0.5, 0.6) is 0 Å². The standard InChI is InChI=1S/C16H23N3O2.ClH/c1-12(2)19-15(20)13-8-5-6-9-14(13)18(16(19)21)11-7-10-17(3)4;/h5-6,8-9,12H,7,10-11H2,1-4H3;1H. The van der Waals surface area contributed by atoms with Crippen molar-refractivity contribution < 1.29 is 0 Å². The maximum atomic E-state index is 12.6. The normalized spacial score (nSPS) is 11.2. The molecule has 0 spiro atoms. The highest BCUT2D eigenvalue weighted by Crippen LogP contribution is 2.09. The fraction of sp³-hybridized carbons (Fsp3) is 0.500. The molecule has 0 fully saturated rings. The fourth-order valence-electron chi connectivity index (χ4n) is 2.56. The number of aromatic nitrogens is 2. The minimum atomic E-state index is -0.215. The van der Waals surface area contributed by atoms with Gasteiger partial charge >= 0.3 is 5.69 Å². The number of halogens is 1. The Labute approximate surface area is 136 Å². The van der Waals surface area contributed by atoms with E-state index < -0.39 is 0 Å². The molecule has 0 aliphatic heterocycles. The Bertz CT molecular complexity index is 747. The average molecular weight is 326 g/mol. The molecule has 122 valence electrons. The Morgan fingerprint density at radius 3 is 2.36 bits per heavy atom. The van der Waals surface area contributed by atoms with E-state index in [9.17, 15) is 9.59 Å². The molecule has 0 saturated carbocycles. The monoisotopic (exact) mass is 325 g/mol. The highest BCUT2D eigenvalue weighted by atomic mass is 35.5. The van der Waals surface area contributed by atoms with Crippen molar-refractivity contribution in [1.82, 2.24) is 14.0 Å². The van der Waals surface area contributed by atoms with Gasteiger partial charge in [0.1, 0.15) is 0 Å². The first-order valence-corrected chi connectivity index (χ1v) is 7.32. The minimum Gasteiger partial charge on any atom is -0.309 e. The van der Waals surface area contributed by atoms with Crippen molar-refractivity contribution in [1.29, 1.82) is 0 Å². The van der Waals surface area contributed by atoms with Gasteiger partial charge in [-0.25, -0.2) is 4.79 Å². The smallest absolute Gasteiger partial charge is 0.309 e. The zero-order valence-corrected chi connectivity index (χ0v) is 14.4.